The highest BCUT2D eigenvalue weighted by Crippen LogP contribution is 2.22. The Kier molecular flexibility index (Phi) is 4.88. The van der Waals surface area contributed by atoms with Gasteiger partial charge in [-0.25, -0.2) is 8.42 Å². The molecule has 0 saturated heterocycles. The molecule has 0 bridgehead atoms. The zero-order valence-electron chi connectivity index (χ0n) is 11.8. The van der Waals surface area contributed by atoms with E-state index in [1.54, 1.807) is 18.2 Å². The van der Waals surface area contributed by atoms with Gasteiger partial charge in [0.2, 0.25) is 10.0 Å². The first-order valence-electron chi connectivity index (χ1n) is 6.29. The molecule has 21 heavy (non-hydrogen) atoms. The lowest BCUT2D eigenvalue weighted by molar-refractivity contribution is 0.414. The van der Waals surface area contributed by atoms with Gasteiger partial charge < -0.3 is 4.74 Å². The fourth-order valence-corrected chi connectivity index (χ4v) is 3.22. The van der Waals surface area contributed by atoms with Gasteiger partial charge in [0, 0.05) is 18.6 Å². The topological polar surface area (TPSA) is 46.6 Å². The van der Waals surface area contributed by atoms with Crippen molar-refractivity contribution in [1.82, 2.24) is 4.31 Å². The van der Waals surface area contributed by atoms with E-state index >= 15 is 0 Å². The second-order valence-corrected chi connectivity index (χ2v) is 6.98. The van der Waals surface area contributed by atoms with E-state index < -0.39 is 10.0 Å². The fourth-order valence-electron chi connectivity index (χ4n) is 1.88. The molecule has 2 aromatic carbocycles. The van der Waals surface area contributed by atoms with E-state index in [9.17, 15) is 8.42 Å². The fraction of sp³-hybridized carbons (Fsp3) is 0.200. The number of halogens is 1. The smallest absolute Gasteiger partial charge is 0.243 e. The number of benzene rings is 2. The summed E-state index contributed by atoms with van der Waals surface area (Å²) in [7, 11) is -0.494. The van der Waals surface area contributed by atoms with E-state index in [4.69, 9.17) is 16.3 Å². The predicted octanol–water partition coefficient (Wildman–Crippen LogP) is 3.17. The van der Waals surface area contributed by atoms with Crippen LogP contribution >= 0.6 is 11.6 Å². The van der Waals surface area contributed by atoms with Gasteiger partial charge in [0.15, 0.2) is 0 Å². The summed E-state index contributed by atoms with van der Waals surface area (Å²) < 4.78 is 31.3. The first-order chi connectivity index (χ1) is 9.95. The van der Waals surface area contributed by atoms with Gasteiger partial charge in [-0.15, -0.1) is 0 Å². The molecule has 0 fully saturated rings. The van der Waals surface area contributed by atoms with Gasteiger partial charge in [-0.05, 0) is 35.9 Å². The lowest BCUT2D eigenvalue weighted by Crippen LogP contribution is -2.26. The average molecular weight is 326 g/mol. The van der Waals surface area contributed by atoms with Crippen molar-refractivity contribution in [3.8, 4) is 5.75 Å². The zero-order valence-corrected chi connectivity index (χ0v) is 13.4. The van der Waals surface area contributed by atoms with Crippen LogP contribution in [0, 0.1) is 0 Å². The van der Waals surface area contributed by atoms with Crippen LogP contribution in [0.2, 0.25) is 5.02 Å². The molecule has 0 spiro atoms. The minimum atomic E-state index is -3.56. The van der Waals surface area contributed by atoms with Crippen molar-refractivity contribution < 1.29 is 13.2 Å². The summed E-state index contributed by atoms with van der Waals surface area (Å²) in [5, 5.41) is 0.550. The largest absolute Gasteiger partial charge is 0.497 e. The van der Waals surface area contributed by atoms with Gasteiger partial charge in [0.25, 0.3) is 0 Å². The molecule has 0 aliphatic heterocycles. The maximum absolute atomic E-state index is 12.5. The Bertz CT molecular complexity index is 714. The summed E-state index contributed by atoms with van der Waals surface area (Å²) in [6, 6.07) is 13.5. The normalized spacial score (nSPS) is 11.6. The Hall–Kier alpha value is -1.56. The van der Waals surface area contributed by atoms with Crippen molar-refractivity contribution in [2.45, 2.75) is 11.4 Å². The number of sulfonamides is 1. The molecule has 0 aromatic heterocycles. The molecule has 0 unspecified atom stereocenters. The number of ether oxygens (including phenoxy) is 1. The van der Waals surface area contributed by atoms with Crippen LogP contribution in [-0.2, 0) is 16.6 Å². The van der Waals surface area contributed by atoms with Crippen molar-refractivity contribution >= 4 is 21.6 Å². The summed E-state index contributed by atoms with van der Waals surface area (Å²) in [4.78, 5) is 0.220. The molecule has 0 N–H and O–H groups in total. The van der Waals surface area contributed by atoms with Crippen LogP contribution in [0.4, 0.5) is 0 Å². The van der Waals surface area contributed by atoms with Crippen LogP contribution in [0.5, 0.6) is 5.75 Å². The molecule has 6 heteroatoms. The number of hydrogen-bond acceptors (Lipinski definition) is 3. The molecular formula is C15H16ClNO3S. The summed E-state index contributed by atoms with van der Waals surface area (Å²) in [5.41, 5.74) is 0.763. The Labute approximate surface area is 130 Å². The molecule has 0 saturated carbocycles. The van der Waals surface area contributed by atoms with Gasteiger partial charge >= 0.3 is 0 Å². The van der Waals surface area contributed by atoms with E-state index in [1.807, 2.05) is 18.2 Å². The molecule has 0 radical (unpaired) electrons. The van der Waals surface area contributed by atoms with Crippen LogP contribution in [0.25, 0.3) is 0 Å². The minimum absolute atomic E-state index is 0.216. The van der Waals surface area contributed by atoms with Gasteiger partial charge in [0.05, 0.1) is 12.0 Å². The SMILES string of the molecule is COc1ccc(S(=O)(=O)N(C)Cc2ccccc2Cl)cc1. The molecule has 2 rings (SSSR count). The van der Waals surface area contributed by atoms with E-state index in [0.29, 0.717) is 10.8 Å². The third-order valence-corrected chi connectivity index (χ3v) is 5.30. The second-order valence-electron chi connectivity index (χ2n) is 4.53. The van der Waals surface area contributed by atoms with Crippen molar-refractivity contribution in [1.29, 1.82) is 0 Å². The Balaban J connectivity index is 2.24. The third-order valence-electron chi connectivity index (χ3n) is 3.12. The maximum Gasteiger partial charge on any atom is 0.243 e. The summed E-state index contributed by atoms with van der Waals surface area (Å²) in [5.74, 6) is 0.614. The zero-order chi connectivity index (χ0) is 15.5. The first kappa shape index (κ1) is 15.8. The Morgan fingerprint density at radius 1 is 1.10 bits per heavy atom. The highest BCUT2D eigenvalue weighted by atomic mass is 35.5. The van der Waals surface area contributed by atoms with Crippen molar-refractivity contribution in [2.75, 3.05) is 14.2 Å². The van der Waals surface area contributed by atoms with Crippen LogP contribution < -0.4 is 4.74 Å². The first-order valence-corrected chi connectivity index (χ1v) is 8.11. The molecule has 0 amide bonds. The number of rotatable bonds is 5. The van der Waals surface area contributed by atoms with Gasteiger partial charge in [-0.1, -0.05) is 29.8 Å². The summed E-state index contributed by atoms with van der Waals surface area (Å²) in [6.07, 6.45) is 0. The monoisotopic (exact) mass is 325 g/mol. The predicted molar refractivity (Wildman–Crippen MR) is 83.1 cm³/mol. The molecular weight excluding hydrogens is 310 g/mol. The van der Waals surface area contributed by atoms with E-state index in [2.05, 4.69) is 0 Å². The molecule has 0 aliphatic rings. The Morgan fingerprint density at radius 2 is 1.71 bits per heavy atom. The highest BCUT2D eigenvalue weighted by Gasteiger charge is 2.21. The van der Waals surface area contributed by atoms with E-state index in [0.717, 1.165) is 5.56 Å². The number of hydrogen-bond donors (Lipinski definition) is 0. The second kappa shape index (κ2) is 6.47. The van der Waals surface area contributed by atoms with Gasteiger partial charge in [-0.3, -0.25) is 0 Å². The van der Waals surface area contributed by atoms with Crippen LogP contribution in [0.3, 0.4) is 0 Å². The lowest BCUT2D eigenvalue weighted by Gasteiger charge is -2.18. The van der Waals surface area contributed by atoms with Crippen LogP contribution in [0.1, 0.15) is 5.56 Å². The standard InChI is InChI=1S/C15H16ClNO3S/c1-17(11-12-5-3-4-6-15(12)16)21(18,19)14-9-7-13(20-2)8-10-14/h3-10H,11H2,1-2H3. The number of nitrogens with zero attached hydrogens (tertiary/aromatic N) is 1. The van der Waals surface area contributed by atoms with E-state index in [-0.39, 0.29) is 11.4 Å². The molecule has 4 nitrogen and oxygen atoms in total. The summed E-state index contributed by atoms with van der Waals surface area (Å²) >= 11 is 6.07. The number of methoxy groups -OCH3 is 1. The van der Waals surface area contributed by atoms with Gasteiger partial charge in [-0.2, -0.15) is 4.31 Å². The van der Waals surface area contributed by atoms with Crippen molar-refractivity contribution in [3.05, 3.63) is 59.1 Å². The molecule has 112 valence electrons. The van der Waals surface area contributed by atoms with E-state index in [1.165, 1.54) is 30.6 Å². The lowest BCUT2D eigenvalue weighted by atomic mass is 10.2. The summed E-state index contributed by atoms with van der Waals surface area (Å²) in [6.45, 7) is 0.216. The Morgan fingerprint density at radius 3 is 2.29 bits per heavy atom. The molecule has 0 atom stereocenters. The highest BCUT2D eigenvalue weighted by molar-refractivity contribution is 7.89. The molecule has 0 aliphatic carbocycles. The molecule has 2 aromatic rings. The maximum atomic E-state index is 12.5. The molecule has 0 heterocycles. The van der Waals surface area contributed by atoms with Crippen molar-refractivity contribution in [3.63, 3.8) is 0 Å². The van der Waals surface area contributed by atoms with Crippen LogP contribution in [0.15, 0.2) is 53.4 Å². The average Bonchev–Trinajstić information content (AvgIpc) is 2.49. The van der Waals surface area contributed by atoms with Crippen molar-refractivity contribution in [2.24, 2.45) is 0 Å². The van der Waals surface area contributed by atoms with Crippen LogP contribution in [-0.4, -0.2) is 26.9 Å². The minimum Gasteiger partial charge on any atom is -0.497 e. The third kappa shape index (κ3) is 3.56. The van der Waals surface area contributed by atoms with Gasteiger partial charge in [0.1, 0.15) is 5.75 Å². The quantitative estimate of drug-likeness (QED) is 0.848.